The minimum absolute atomic E-state index is 0.148. The van der Waals surface area contributed by atoms with E-state index in [1.807, 2.05) is 0 Å². The highest BCUT2D eigenvalue weighted by Gasteiger charge is 2.38. The van der Waals surface area contributed by atoms with Crippen LogP contribution in [0.1, 0.15) is 19.3 Å². The molecule has 0 saturated heterocycles. The predicted octanol–water partition coefficient (Wildman–Crippen LogP) is 4.08. The minimum Gasteiger partial charge on any atom is -0.368 e. The lowest BCUT2D eigenvalue weighted by Crippen LogP contribution is -2.54. The van der Waals surface area contributed by atoms with Crippen LogP contribution in [-0.4, -0.2) is 41.0 Å². The van der Waals surface area contributed by atoms with Gasteiger partial charge in [-0.25, -0.2) is 14.4 Å². The van der Waals surface area contributed by atoms with Crippen LogP contribution in [0.2, 0.25) is 5.02 Å². The molecule has 0 radical (unpaired) electrons. The van der Waals surface area contributed by atoms with Crippen molar-refractivity contribution in [2.45, 2.75) is 24.8 Å². The summed E-state index contributed by atoms with van der Waals surface area (Å²) in [7, 11) is 4.18. The number of benzene rings is 1. The van der Waals surface area contributed by atoms with E-state index in [9.17, 15) is 4.39 Å². The third-order valence-electron chi connectivity index (χ3n) is 4.58. The molecular formula is C15H17BrClFN4. The van der Waals surface area contributed by atoms with Gasteiger partial charge in [-0.3, -0.25) is 0 Å². The summed E-state index contributed by atoms with van der Waals surface area (Å²) in [5.74, 6) is 0.158. The average Bonchev–Trinajstić information content (AvgIpc) is 2.44. The Labute approximate surface area is 142 Å². The number of nitrogens with one attached hydrogen (secondary N) is 1. The third kappa shape index (κ3) is 2.57. The SMILES string of the molecule is CN(C)C1(CNc2ncnc3c(F)c(Br)c(Cl)cc23)CCC1. The Kier molecular flexibility index (Phi) is 4.27. The number of likely N-dealkylation sites (N-methyl/N-ethyl adjacent to an activating group) is 1. The lowest BCUT2D eigenvalue weighted by Gasteiger charge is -2.47. The zero-order valence-electron chi connectivity index (χ0n) is 12.5. The van der Waals surface area contributed by atoms with Crippen LogP contribution in [0.3, 0.4) is 0 Å². The first-order chi connectivity index (χ1) is 10.4. The van der Waals surface area contributed by atoms with Crippen LogP contribution in [0.15, 0.2) is 16.9 Å². The molecular weight excluding hydrogens is 371 g/mol. The van der Waals surface area contributed by atoms with E-state index in [0.29, 0.717) is 16.2 Å². The Morgan fingerprint density at radius 3 is 2.73 bits per heavy atom. The Morgan fingerprint density at radius 1 is 1.41 bits per heavy atom. The second kappa shape index (κ2) is 5.91. The quantitative estimate of drug-likeness (QED) is 0.803. The topological polar surface area (TPSA) is 41.0 Å². The van der Waals surface area contributed by atoms with E-state index < -0.39 is 5.82 Å². The van der Waals surface area contributed by atoms with Crippen molar-refractivity contribution in [3.8, 4) is 0 Å². The first-order valence-electron chi connectivity index (χ1n) is 7.14. The molecule has 1 aliphatic rings. The van der Waals surface area contributed by atoms with Crippen molar-refractivity contribution in [3.05, 3.63) is 27.7 Å². The fourth-order valence-corrected chi connectivity index (χ4v) is 3.36. The van der Waals surface area contributed by atoms with Crippen molar-refractivity contribution < 1.29 is 4.39 Å². The van der Waals surface area contributed by atoms with E-state index in [1.54, 1.807) is 6.07 Å². The molecule has 0 unspecified atom stereocenters. The van der Waals surface area contributed by atoms with E-state index in [-0.39, 0.29) is 15.5 Å². The van der Waals surface area contributed by atoms with Gasteiger partial charge in [0.05, 0.1) is 9.50 Å². The summed E-state index contributed by atoms with van der Waals surface area (Å²) in [6, 6.07) is 1.69. The molecule has 4 nitrogen and oxygen atoms in total. The van der Waals surface area contributed by atoms with Gasteiger partial charge in [0.25, 0.3) is 0 Å². The number of halogens is 3. The van der Waals surface area contributed by atoms with Gasteiger partial charge >= 0.3 is 0 Å². The van der Waals surface area contributed by atoms with Gasteiger partial charge in [-0.1, -0.05) is 11.6 Å². The van der Waals surface area contributed by atoms with E-state index in [2.05, 4.69) is 50.2 Å². The largest absolute Gasteiger partial charge is 0.368 e. The van der Waals surface area contributed by atoms with Gasteiger partial charge in [0.2, 0.25) is 0 Å². The standard InChI is InChI=1S/C15H17BrClFN4/c1-22(2)15(4-3-5-15)7-19-14-9-6-10(17)11(16)12(18)13(9)20-8-21-14/h6,8H,3-5,7H2,1-2H3,(H,19,20,21). The number of rotatable bonds is 4. The van der Waals surface area contributed by atoms with E-state index in [4.69, 9.17) is 11.6 Å². The Balaban J connectivity index is 1.95. The van der Waals surface area contributed by atoms with Crippen LogP contribution in [0, 0.1) is 5.82 Å². The van der Waals surface area contributed by atoms with Crippen molar-refractivity contribution in [3.63, 3.8) is 0 Å². The van der Waals surface area contributed by atoms with E-state index >= 15 is 0 Å². The molecule has 118 valence electrons. The maximum absolute atomic E-state index is 14.3. The van der Waals surface area contributed by atoms with Crippen molar-refractivity contribution in [1.82, 2.24) is 14.9 Å². The summed E-state index contributed by atoms with van der Waals surface area (Å²) in [5.41, 5.74) is 0.413. The summed E-state index contributed by atoms with van der Waals surface area (Å²) in [6.07, 6.45) is 4.91. The number of aromatic nitrogens is 2. The van der Waals surface area contributed by atoms with Crippen LogP contribution in [0.5, 0.6) is 0 Å². The van der Waals surface area contributed by atoms with Gasteiger partial charge in [0, 0.05) is 17.5 Å². The molecule has 3 rings (SSSR count). The Hall–Kier alpha value is -0.980. The first-order valence-corrected chi connectivity index (χ1v) is 8.31. The monoisotopic (exact) mass is 386 g/mol. The molecule has 1 aromatic carbocycles. The smallest absolute Gasteiger partial charge is 0.165 e. The molecule has 0 atom stereocenters. The van der Waals surface area contributed by atoms with Crippen molar-refractivity contribution in [2.75, 3.05) is 26.0 Å². The second-order valence-corrected chi connectivity index (χ2v) is 7.13. The van der Waals surface area contributed by atoms with Crippen LogP contribution < -0.4 is 5.32 Å². The second-order valence-electron chi connectivity index (χ2n) is 5.93. The molecule has 0 aliphatic heterocycles. The summed E-state index contributed by atoms with van der Waals surface area (Å²) in [6.45, 7) is 0.765. The number of fused-ring (bicyclic) bond motifs is 1. The molecule has 0 amide bonds. The fourth-order valence-electron chi connectivity index (χ4n) is 2.86. The zero-order chi connectivity index (χ0) is 15.9. The first kappa shape index (κ1) is 15.9. The van der Waals surface area contributed by atoms with Crippen LogP contribution in [0.25, 0.3) is 10.9 Å². The van der Waals surface area contributed by atoms with Gasteiger partial charge < -0.3 is 10.2 Å². The number of hydrogen-bond acceptors (Lipinski definition) is 4. The fraction of sp³-hybridized carbons (Fsp3) is 0.467. The summed E-state index contributed by atoms with van der Waals surface area (Å²) < 4.78 is 14.5. The van der Waals surface area contributed by atoms with Gasteiger partial charge in [-0.15, -0.1) is 0 Å². The average molecular weight is 388 g/mol. The lowest BCUT2D eigenvalue weighted by molar-refractivity contribution is 0.0738. The van der Waals surface area contributed by atoms with Gasteiger partial charge in [0.15, 0.2) is 5.82 Å². The van der Waals surface area contributed by atoms with Crippen molar-refractivity contribution in [2.24, 2.45) is 0 Å². The molecule has 1 heterocycles. The van der Waals surface area contributed by atoms with Crippen molar-refractivity contribution in [1.29, 1.82) is 0 Å². The normalized spacial score (nSPS) is 16.8. The maximum atomic E-state index is 14.3. The van der Waals surface area contributed by atoms with Gasteiger partial charge in [0.1, 0.15) is 17.7 Å². The molecule has 1 aromatic heterocycles. The Bertz CT molecular complexity index is 718. The highest BCUT2D eigenvalue weighted by atomic mass is 79.9. The molecule has 2 aromatic rings. The Morgan fingerprint density at radius 2 is 2.14 bits per heavy atom. The minimum atomic E-state index is -0.459. The number of anilines is 1. The molecule has 1 fully saturated rings. The number of hydrogen-bond donors (Lipinski definition) is 1. The predicted molar refractivity (Wildman–Crippen MR) is 91.0 cm³/mol. The molecule has 22 heavy (non-hydrogen) atoms. The summed E-state index contributed by atoms with van der Waals surface area (Å²) in [4.78, 5) is 10.5. The summed E-state index contributed by atoms with van der Waals surface area (Å²) >= 11 is 9.21. The van der Waals surface area contributed by atoms with Gasteiger partial charge in [-0.05, 0) is 55.4 Å². The van der Waals surface area contributed by atoms with Gasteiger partial charge in [-0.2, -0.15) is 0 Å². The maximum Gasteiger partial charge on any atom is 0.165 e. The van der Waals surface area contributed by atoms with Crippen molar-refractivity contribution >= 4 is 44.3 Å². The third-order valence-corrected chi connectivity index (χ3v) is 5.88. The molecule has 0 spiro atoms. The lowest BCUT2D eigenvalue weighted by atomic mass is 9.75. The summed E-state index contributed by atoms with van der Waals surface area (Å²) in [5, 5.41) is 4.26. The molecule has 7 heteroatoms. The highest BCUT2D eigenvalue weighted by Crippen LogP contribution is 2.37. The zero-order valence-corrected chi connectivity index (χ0v) is 14.8. The van der Waals surface area contributed by atoms with E-state index in [1.165, 1.54) is 12.7 Å². The highest BCUT2D eigenvalue weighted by molar-refractivity contribution is 9.10. The molecule has 1 saturated carbocycles. The van der Waals surface area contributed by atoms with Crippen LogP contribution >= 0.6 is 27.5 Å². The van der Waals surface area contributed by atoms with E-state index in [0.717, 1.165) is 19.4 Å². The van der Waals surface area contributed by atoms with Crippen LogP contribution in [0.4, 0.5) is 10.2 Å². The molecule has 0 bridgehead atoms. The number of nitrogens with zero attached hydrogens (tertiary/aromatic N) is 3. The molecule has 1 N–H and O–H groups in total. The molecule has 1 aliphatic carbocycles. The van der Waals surface area contributed by atoms with Crippen LogP contribution in [-0.2, 0) is 0 Å².